The molecular weight excluding hydrogens is 352 g/mol. The first kappa shape index (κ1) is 20.2. The highest BCUT2D eigenvalue weighted by Gasteiger charge is 2.39. The minimum absolute atomic E-state index is 0.0665. The van der Waals surface area contributed by atoms with E-state index in [0.29, 0.717) is 18.8 Å². The van der Waals surface area contributed by atoms with Gasteiger partial charge in [0.25, 0.3) is 0 Å². The molecule has 1 unspecified atom stereocenters. The second kappa shape index (κ2) is 9.56. The normalized spacial score (nSPS) is 22.1. The molecule has 148 valence electrons. The molecule has 0 aromatic heterocycles. The zero-order valence-electron chi connectivity index (χ0n) is 16.8. The summed E-state index contributed by atoms with van der Waals surface area (Å²) < 4.78 is 17.0. The molecule has 0 bridgehead atoms. The van der Waals surface area contributed by atoms with Crippen LogP contribution in [0.5, 0.6) is 5.75 Å². The molecule has 0 aliphatic carbocycles. The Labute approximate surface area is 167 Å². The fourth-order valence-corrected chi connectivity index (χ4v) is 3.61. The fraction of sp³-hybridized carbons (Fsp3) is 0.375. The minimum Gasteiger partial charge on any atom is -0.497 e. The third kappa shape index (κ3) is 4.82. The van der Waals surface area contributed by atoms with Gasteiger partial charge in [0.15, 0.2) is 0 Å². The molecule has 0 saturated carbocycles. The van der Waals surface area contributed by atoms with Crippen LogP contribution >= 0.6 is 0 Å². The van der Waals surface area contributed by atoms with Gasteiger partial charge in [-0.05, 0) is 49.4 Å². The highest BCUT2D eigenvalue weighted by molar-refractivity contribution is 5.87. The Kier molecular flexibility index (Phi) is 6.88. The molecule has 0 spiro atoms. The Morgan fingerprint density at radius 1 is 1.14 bits per heavy atom. The van der Waals surface area contributed by atoms with Gasteiger partial charge >= 0.3 is 5.97 Å². The topological polar surface area (TPSA) is 44.8 Å². The van der Waals surface area contributed by atoms with Crippen LogP contribution in [0, 0.1) is 11.8 Å². The molecule has 2 aromatic carbocycles. The molecular formula is C24H28O4. The van der Waals surface area contributed by atoms with Gasteiger partial charge < -0.3 is 14.2 Å². The molecule has 4 nitrogen and oxygen atoms in total. The Morgan fingerprint density at radius 3 is 2.50 bits per heavy atom. The van der Waals surface area contributed by atoms with Crippen LogP contribution in [0.4, 0.5) is 0 Å². The van der Waals surface area contributed by atoms with E-state index < -0.39 is 0 Å². The molecule has 0 N–H and O–H groups in total. The summed E-state index contributed by atoms with van der Waals surface area (Å²) in [5.74, 6) is 0.973. The van der Waals surface area contributed by atoms with Crippen LogP contribution in [0.2, 0.25) is 0 Å². The molecule has 1 saturated heterocycles. The average molecular weight is 380 g/mol. The van der Waals surface area contributed by atoms with Gasteiger partial charge in [0.1, 0.15) is 5.75 Å². The molecule has 3 atom stereocenters. The number of allylic oxidation sites excluding steroid dienone is 1. The number of methoxy groups -OCH3 is 1. The summed E-state index contributed by atoms with van der Waals surface area (Å²) in [6, 6.07) is 18.3. The van der Waals surface area contributed by atoms with E-state index in [2.05, 4.69) is 24.3 Å². The third-order valence-corrected chi connectivity index (χ3v) is 5.43. The van der Waals surface area contributed by atoms with Crippen molar-refractivity contribution in [3.63, 3.8) is 0 Å². The number of ether oxygens (including phenoxy) is 3. The molecule has 1 aliphatic heterocycles. The summed E-state index contributed by atoms with van der Waals surface area (Å²) in [7, 11) is 1.67. The zero-order valence-corrected chi connectivity index (χ0v) is 16.8. The van der Waals surface area contributed by atoms with E-state index in [1.54, 1.807) is 20.1 Å². The molecule has 28 heavy (non-hydrogen) atoms. The Hall–Kier alpha value is -2.59. The van der Waals surface area contributed by atoms with Crippen molar-refractivity contribution in [2.75, 3.05) is 20.3 Å². The van der Waals surface area contributed by atoms with Crippen LogP contribution in [-0.2, 0) is 20.7 Å². The zero-order chi connectivity index (χ0) is 19.9. The van der Waals surface area contributed by atoms with Crippen molar-refractivity contribution in [3.8, 4) is 5.75 Å². The minimum atomic E-state index is -0.260. The van der Waals surface area contributed by atoms with Crippen LogP contribution in [0.25, 0.3) is 0 Å². The van der Waals surface area contributed by atoms with E-state index in [4.69, 9.17) is 14.2 Å². The monoisotopic (exact) mass is 380 g/mol. The highest BCUT2D eigenvalue weighted by atomic mass is 16.5. The highest BCUT2D eigenvalue weighted by Crippen LogP contribution is 2.40. The van der Waals surface area contributed by atoms with E-state index >= 15 is 0 Å². The van der Waals surface area contributed by atoms with Gasteiger partial charge in [-0.1, -0.05) is 48.5 Å². The quantitative estimate of drug-likeness (QED) is 0.514. The number of benzene rings is 2. The average Bonchev–Trinajstić information content (AvgIpc) is 3.14. The van der Waals surface area contributed by atoms with Gasteiger partial charge in [0, 0.05) is 11.5 Å². The summed E-state index contributed by atoms with van der Waals surface area (Å²) in [6.07, 6.45) is 2.58. The summed E-state index contributed by atoms with van der Waals surface area (Å²) in [5, 5.41) is 0. The standard InChI is InChI=1S/C24H28O4/c1-4-17(2)24(25)28-16-22-20(14-18-10-12-21(26-3)13-11-18)15-27-23(22)19-8-6-5-7-9-19/h4-13,20,22-23H,14-16H2,1-3H3/b17-4-/t20-,22-,23?/m0/s1. The van der Waals surface area contributed by atoms with Crippen molar-refractivity contribution in [3.05, 3.63) is 77.4 Å². The van der Waals surface area contributed by atoms with Crippen LogP contribution in [0.1, 0.15) is 31.1 Å². The van der Waals surface area contributed by atoms with E-state index in [9.17, 15) is 4.79 Å². The smallest absolute Gasteiger partial charge is 0.333 e. The summed E-state index contributed by atoms with van der Waals surface area (Å²) >= 11 is 0. The number of carbonyl (C=O) groups excluding carboxylic acids is 1. The van der Waals surface area contributed by atoms with Crippen molar-refractivity contribution in [1.29, 1.82) is 0 Å². The van der Waals surface area contributed by atoms with E-state index in [1.165, 1.54) is 5.56 Å². The maximum absolute atomic E-state index is 12.2. The largest absolute Gasteiger partial charge is 0.497 e. The Bertz CT molecular complexity index is 795. The predicted molar refractivity (Wildman–Crippen MR) is 109 cm³/mol. The fourth-order valence-electron chi connectivity index (χ4n) is 3.61. The van der Waals surface area contributed by atoms with E-state index in [-0.39, 0.29) is 23.9 Å². The molecule has 1 heterocycles. The van der Waals surface area contributed by atoms with Crippen LogP contribution in [-0.4, -0.2) is 26.3 Å². The molecule has 0 radical (unpaired) electrons. The first-order valence-corrected chi connectivity index (χ1v) is 9.72. The molecule has 4 heteroatoms. The van der Waals surface area contributed by atoms with E-state index in [1.807, 2.05) is 37.3 Å². The van der Waals surface area contributed by atoms with Gasteiger partial charge in [-0.2, -0.15) is 0 Å². The maximum Gasteiger partial charge on any atom is 0.333 e. The number of rotatable bonds is 7. The third-order valence-electron chi connectivity index (χ3n) is 5.43. The molecule has 1 fully saturated rings. The van der Waals surface area contributed by atoms with Gasteiger partial charge in [-0.3, -0.25) is 0 Å². The molecule has 1 aliphatic rings. The lowest BCUT2D eigenvalue weighted by molar-refractivity contribution is -0.141. The lowest BCUT2D eigenvalue weighted by Crippen LogP contribution is -2.24. The number of carbonyl (C=O) groups is 1. The SMILES string of the molecule is C/C=C(/C)C(=O)OC[C@@H]1C(c2ccccc2)OC[C@@H]1Cc1ccc(OC)cc1. The summed E-state index contributed by atoms with van der Waals surface area (Å²) in [4.78, 5) is 12.2. The van der Waals surface area contributed by atoms with Crippen molar-refractivity contribution in [2.24, 2.45) is 11.8 Å². The lowest BCUT2D eigenvalue weighted by Gasteiger charge is -2.23. The van der Waals surface area contributed by atoms with Gasteiger partial charge in [-0.15, -0.1) is 0 Å². The number of esters is 1. The second-order valence-electron chi connectivity index (χ2n) is 7.21. The molecule has 2 aromatic rings. The molecule has 0 amide bonds. The van der Waals surface area contributed by atoms with Crippen LogP contribution in [0.15, 0.2) is 66.2 Å². The first-order chi connectivity index (χ1) is 13.6. The Morgan fingerprint density at radius 2 is 1.86 bits per heavy atom. The van der Waals surface area contributed by atoms with Crippen molar-refractivity contribution >= 4 is 5.97 Å². The summed E-state index contributed by atoms with van der Waals surface area (Å²) in [6.45, 7) is 4.62. The predicted octanol–water partition coefficient (Wildman–Crippen LogP) is 4.75. The van der Waals surface area contributed by atoms with Crippen molar-refractivity contribution in [2.45, 2.75) is 26.4 Å². The number of hydrogen-bond acceptors (Lipinski definition) is 4. The summed E-state index contributed by atoms with van der Waals surface area (Å²) in [5.41, 5.74) is 2.98. The van der Waals surface area contributed by atoms with E-state index in [0.717, 1.165) is 17.7 Å². The Balaban J connectivity index is 1.76. The molecule has 3 rings (SSSR count). The van der Waals surface area contributed by atoms with Gasteiger partial charge in [0.05, 0.1) is 26.4 Å². The lowest BCUT2D eigenvalue weighted by atomic mass is 9.84. The maximum atomic E-state index is 12.2. The van der Waals surface area contributed by atoms with Crippen molar-refractivity contribution < 1.29 is 19.0 Å². The van der Waals surface area contributed by atoms with Crippen molar-refractivity contribution in [1.82, 2.24) is 0 Å². The van der Waals surface area contributed by atoms with Crippen LogP contribution < -0.4 is 4.74 Å². The first-order valence-electron chi connectivity index (χ1n) is 9.72. The van der Waals surface area contributed by atoms with Crippen LogP contribution in [0.3, 0.4) is 0 Å². The second-order valence-corrected chi connectivity index (χ2v) is 7.21. The van der Waals surface area contributed by atoms with Gasteiger partial charge in [0.2, 0.25) is 0 Å². The van der Waals surface area contributed by atoms with Gasteiger partial charge in [-0.25, -0.2) is 4.79 Å². The number of hydrogen-bond donors (Lipinski definition) is 0.